The molecule has 3 aromatic rings. The average molecular weight is 496 g/mol. The van der Waals surface area contributed by atoms with E-state index in [0.717, 1.165) is 11.1 Å². The fourth-order valence-corrected chi connectivity index (χ4v) is 5.19. The van der Waals surface area contributed by atoms with Crippen molar-refractivity contribution in [2.75, 3.05) is 26.2 Å². The fourth-order valence-electron chi connectivity index (χ4n) is 3.68. The first-order valence-corrected chi connectivity index (χ1v) is 12.6. The SMILES string of the molecule is Cc1ccc(S(=O)(=O)N2CCN(C(=O)/C=C/c3ccc(Oc4cccnc4)c(F)c3)CC2)cc1C. The number of halogens is 1. The van der Waals surface area contributed by atoms with Gasteiger partial charge in [-0.25, -0.2) is 12.8 Å². The number of amides is 1. The Balaban J connectivity index is 1.35. The highest BCUT2D eigenvalue weighted by Crippen LogP contribution is 2.25. The van der Waals surface area contributed by atoms with E-state index < -0.39 is 15.8 Å². The molecule has 0 unspecified atom stereocenters. The molecule has 182 valence electrons. The van der Waals surface area contributed by atoms with Gasteiger partial charge in [-0.05, 0) is 73.0 Å². The number of pyridine rings is 1. The van der Waals surface area contributed by atoms with Gasteiger partial charge in [0, 0.05) is 38.5 Å². The summed E-state index contributed by atoms with van der Waals surface area (Å²) < 4.78 is 47.2. The summed E-state index contributed by atoms with van der Waals surface area (Å²) in [7, 11) is -3.62. The second-order valence-corrected chi connectivity index (χ2v) is 10.2. The Hall–Kier alpha value is -3.56. The number of aromatic nitrogens is 1. The highest BCUT2D eigenvalue weighted by atomic mass is 32.2. The number of ether oxygens (including phenoxy) is 1. The zero-order chi connectivity index (χ0) is 25.0. The van der Waals surface area contributed by atoms with Crippen LogP contribution < -0.4 is 4.74 Å². The van der Waals surface area contributed by atoms with E-state index in [-0.39, 0.29) is 42.7 Å². The van der Waals surface area contributed by atoms with Gasteiger partial charge in [0.05, 0.1) is 11.1 Å². The van der Waals surface area contributed by atoms with E-state index in [1.54, 1.807) is 47.5 Å². The summed E-state index contributed by atoms with van der Waals surface area (Å²) in [6.07, 6.45) is 5.97. The fraction of sp³-hybridized carbons (Fsp3) is 0.231. The Morgan fingerprint density at radius 1 is 1.03 bits per heavy atom. The van der Waals surface area contributed by atoms with E-state index in [1.807, 2.05) is 13.8 Å². The van der Waals surface area contributed by atoms with Crippen LogP contribution in [-0.2, 0) is 14.8 Å². The van der Waals surface area contributed by atoms with Crippen LogP contribution in [-0.4, -0.2) is 54.7 Å². The number of sulfonamides is 1. The maximum Gasteiger partial charge on any atom is 0.246 e. The number of aryl methyl sites for hydroxylation is 2. The van der Waals surface area contributed by atoms with Gasteiger partial charge >= 0.3 is 0 Å². The summed E-state index contributed by atoms with van der Waals surface area (Å²) in [6.45, 7) is 4.79. The van der Waals surface area contributed by atoms with Crippen LogP contribution in [0.3, 0.4) is 0 Å². The Morgan fingerprint density at radius 2 is 1.80 bits per heavy atom. The molecule has 9 heteroatoms. The van der Waals surface area contributed by atoms with Gasteiger partial charge in [-0.1, -0.05) is 12.1 Å². The predicted molar refractivity (Wildman–Crippen MR) is 131 cm³/mol. The normalized spacial score (nSPS) is 14.9. The van der Waals surface area contributed by atoms with Gasteiger partial charge in [0.2, 0.25) is 15.9 Å². The third-order valence-corrected chi connectivity index (χ3v) is 7.80. The van der Waals surface area contributed by atoms with Crippen LogP contribution >= 0.6 is 0 Å². The topological polar surface area (TPSA) is 79.8 Å². The number of hydrogen-bond donors (Lipinski definition) is 0. The Bertz CT molecular complexity index is 1350. The smallest absolute Gasteiger partial charge is 0.246 e. The van der Waals surface area contributed by atoms with E-state index in [2.05, 4.69) is 4.98 Å². The van der Waals surface area contributed by atoms with Crippen molar-refractivity contribution in [1.29, 1.82) is 0 Å². The molecule has 7 nitrogen and oxygen atoms in total. The number of carbonyl (C=O) groups excluding carboxylic acids is 1. The largest absolute Gasteiger partial charge is 0.453 e. The lowest BCUT2D eigenvalue weighted by Gasteiger charge is -2.33. The van der Waals surface area contributed by atoms with Gasteiger partial charge in [0.25, 0.3) is 0 Å². The Morgan fingerprint density at radius 3 is 2.46 bits per heavy atom. The lowest BCUT2D eigenvalue weighted by atomic mass is 10.1. The summed E-state index contributed by atoms with van der Waals surface area (Å²) >= 11 is 0. The molecule has 35 heavy (non-hydrogen) atoms. The zero-order valence-electron chi connectivity index (χ0n) is 19.5. The standard InChI is InChI=1S/C26H26FN3O4S/c1-19-5-8-23(16-20(19)2)35(32,33)30-14-12-29(13-15-30)26(31)10-7-21-6-9-25(24(27)17-21)34-22-4-3-11-28-18-22/h3-11,16-18H,12-15H2,1-2H3/b10-7+. The summed E-state index contributed by atoms with van der Waals surface area (Å²) in [5, 5.41) is 0. The molecular weight excluding hydrogens is 469 g/mol. The van der Waals surface area contributed by atoms with E-state index in [4.69, 9.17) is 4.74 Å². The highest BCUT2D eigenvalue weighted by Gasteiger charge is 2.29. The van der Waals surface area contributed by atoms with Gasteiger partial charge in [0.1, 0.15) is 5.75 Å². The maximum atomic E-state index is 14.4. The second kappa shape index (κ2) is 10.4. The molecule has 1 saturated heterocycles. The molecule has 1 aliphatic rings. The summed E-state index contributed by atoms with van der Waals surface area (Å²) in [6, 6.07) is 12.9. The summed E-state index contributed by atoms with van der Waals surface area (Å²) in [4.78, 5) is 18.4. The monoisotopic (exact) mass is 495 g/mol. The molecule has 0 aliphatic carbocycles. The first kappa shape index (κ1) is 24.6. The van der Waals surface area contributed by atoms with Crippen molar-refractivity contribution in [3.8, 4) is 11.5 Å². The maximum absolute atomic E-state index is 14.4. The van der Waals surface area contributed by atoms with Gasteiger partial charge in [0.15, 0.2) is 11.6 Å². The minimum Gasteiger partial charge on any atom is -0.453 e. The zero-order valence-corrected chi connectivity index (χ0v) is 20.3. The van der Waals surface area contributed by atoms with E-state index in [0.29, 0.717) is 11.3 Å². The number of rotatable bonds is 6. The molecule has 1 amide bonds. The van der Waals surface area contributed by atoms with Crippen LogP contribution in [0.15, 0.2) is 71.9 Å². The molecule has 1 aromatic heterocycles. The summed E-state index contributed by atoms with van der Waals surface area (Å²) in [5.74, 6) is -0.343. The van der Waals surface area contributed by atoms with Crippen molar-refractivity contribution in [1.82, 2.24) is 14.2 Å². The molecular formula is C26H26FN3O4S. The first-order valence-electron chi connectivity index (χ1n) is 11.2. The first-order chi connectivity index (χ1) is 16.7. The van der Waals surface area contributed by atoms with Gasteiger partial charge in [-0.15, -0.1) is 0 Å². The van der Waals surface area contributed by atoms with Crippen LogP contribution in [0.5, 0.6) is 11.5 Å². The van der Waals surface area contributed by atoms with E-state index in [9.17, 15) is 17.6 Å². The molecule has 0 atom stereocenters. The Labute approximate surface area is 204 Å². The molecule has 0 bridgehead atoms. The van der Waals surface area contributed by atoms with Crippen molar-refractivity contribution in [3.63, 3.8) is 0 Å². The average Bonchev–Trinajstić information content (AvgIpc) is 2.86. The van der Waals surface area contributed by atoms with Crippen LogP contribution in [0.4, 0.5) is 4.39 Å². The van der Waals surface area contributed by atoms with Crippen molar-refractivity contribution < 1.29 is 22.3 Å². The molecule has 4 rings (SSSR count). The number of benzene rings is 2. The number of carbonyl (C=O) groups is 1. The molecule has 0 N–H and O–H groups in total. The van der Waals surface area contributed by atoms with Crippen molar-refractivity contribution >= 4 is 22.0 Å². The molecule has 0 radical (unpaired) electrons. The predicted octanol–water partition coefficient (Wildman–Crippen LogP) is 4.18. The minimum atomic E-state index is -3.62. The number of piperazine rings is 1. The lowest BCUT2D eigenvalue weighted by molar-refractivity contribution is -0.127. The lowest BCUT2D eigenvalue weighted by Crippen LogP contribution is -2.50. The molecule has 2 aromatic carbocycles. The molecule has 1 aliphatic heterocycles. The molecule has 0 saturated carbocycles. The highest BCUT2D eigenvalue weighted by molar-refractivity contribution is 7.89. The van der Waals surface area contributed by atoms with Gasteiger partial charge in [-0.3, -0.25) is 9.78 Å². The second-order valence-electron chi connectivity index (χ2n) is 8.29. The minimum absolute atomic E-state index is 0.0579. The third kappa shape index (κ3) is 5.75. The van der Waals surface area contributed by atoms with Crippen LogP contribution in [0.1, 0.15) is 16.7 Å². The van der Waals surface area contributed by atoms with E-state index in [1.165, 1.54) is 34.8 Å². The molecule has 1 fully saturated rings. The quantitative estimate of drug-likeness (QED) is 0.480. The Kier molecular flexibility index (Phi) is 7.28. The van der Waals surface area contributed by atoms with E-state index >= 15 is 0 Å². The van der Waals surface area contributed by atoms with Crippen molar-refractivity contribution in [3.05, 3.63) is 89.5 Å². The molecule has 2 heterocycles. The van der Waals surface area contributed by atoms with Crippen molar-refractivity contribution in [2.24, 2.45) is 0 Å². The number of hydrogen-bond acceptors (Lipinski definition) is 5. The van der Waals surface area contributed by atoms with Gasteiger partial charge in [-0.2, -0.15) is 4.31 Å². The molecule has 0 spiro atoms. The third-order valence-electron chi connectivity index (χ3n) is 5.90. The van der Waals surface area contributed by atoms with Crippen molar-refractivity contribution in [2.45, 2.75) is 18.7 Å². The van der Waals surface area contributed by atoms with Crippen LogP contribution in [0, 0.1) is 19.7 Å². The van der Waals surface area contributed by atoms with Gasteiger partial charge < -0.3 is 9.64 Å². The van der Waals surface area contributed by atoms with Crippen LogP contribution in [0.2, 0.25) is 0 Å². The summed E-state index contributed by atoms with van der Waals surface area (Å²) in [5.41, 5.74) is 2.45. The van der Waals surface area contributed by atoms with Crippen LogP contribution in [0.25, 0.3) is 6.08 Å². The number of nitrogens with zero attached hydrogens (tertiary/aromatic N) is 3.